The molecule has 0 aliphatic rings. The summed E-state index contributed by atoms with van der Waals surface area (Å²) in [6.45, 7) is 4.24. The molecule has 0 fully saturated rings. The maximum Gasteiger partial charge on any atom is 0.313 e. The first-order valence-electron chi connectivity index (χ1n) is 5.34. The van der Waals surface area contributed by atoms with Crippen LogP contribution in [0.15, 0.2) is 5.16 Å². The van der Waals surface area contributed by atoms with E-state index in [0.717, 1.165) is 18.7 Å². The molecule has 0 spiro atoms. The summed E-state index contributed by atoms with van der Waals surface area (Å²) in [4.78, 5) is 10.5. The smallest absolute Gasteiger partial charge is 0.313 e. The second-order valence-electron chi connectivity index (χ2n) is 3.60. The van der Waals surface area contributed by atoms with Crippen LogP contribution in [-0.2, 0) is 11.8 Å². The normalized spacial score (nSPS) is 11.0. The first-order chi connectivity index (χ1) is 7.60. The van der Waals surface area contributed by atoms with Crippen LogP contribution in [0.1, 0.15) is 38.4 Å². The minimum Gasteiger partial charge on any atom is -0.481 e. The SMILES string of the molecule is CCC(CC)c1nnc(SCC(=O)O)n1C. The number of hydrogen-bond donors (Lipinski definition) is 1. The Morgan fingerprint density at radius 2 is 2.06 bits per heavy atom. The van der Waals surface area contributed by atoms with E-state index in [1.165, 1.54) is 11.8 Å². The zero-order valence-corrected chi connectivity index (χ0v) is 10.6. The maximum absolute atomic E-state index is 10.5. The molecule has 0 saturated heterocycles. The number of hydrogen-bond acceptors (Lipinski definition) is 4. The van der Waals surface area contributed by atoms with Gasteiger partial charge in [-0.15, -0.1) is 10.2 Å². The second kappa shape index (κ2) is 5.89. The summed E-state index contributed by atoms with van der Waals surface area (Å²) in [5.41, 5.74) is 0. The van der Waals surface area contributed by atoms with Crippen LogP contribution < -0.4 is 0 Å². The summed E-state index contributed by atoms with van der Waals surface area (Å²) in [5, 5.41) is 17.4. The Balaban J connectivity index is 2.79. The first kappa shape index (κ1) is 13.0. The Morgan fingerprint density at radius 3 is 2.56 bits per heavy atom. The fourth-order valence-electron chi connectivity index (χ4n) is 1.59. The largest absolute Gasteiger partial charge is 0.481 e. The standard InChI is InChI=1S/C10H17N3O2S/c1-4-7(5-2)9-11-12-10(13(9)3)16-6-8(14)15/h7H,4-6H2,1-3H3,(H,14,15). The van der Waals surface area contributed by atoms with Gasteiger partial charge in [-0.25, -0.2) is 0 Å². The molecular formula is C10H17N3O2S. The van der Waals surface area contributed by atoms with Gasteiger partial charge in [-0.05, 0) is 12.8 Å². The molecule has 0 saturated carbocycles. The average Bonchev–Trinajstić information content (AvgIpc) is 2.60. The van der Waals surface area contributed by atoms with Gasteiger partial charge in [0.15, 0.2) is 5.16 Å². The van der Waals surface area contributed by atoms with Gasteiger partial charge in [0.05, 0.1) is 5.75 Å². The number of aromatic nitrogens is 3. The summed E-state index contributed by atoms with van der Waals surface area (Å²) in [6, 6.07) is 0. The Labute approximate surface area is 99.3 Å². The van der Waals surface area contributed by atoms with Crippen molar-refractivity contribution in [2.75, 3.05) is 5.75 Å². The first-order valence-corrected chi connectivity index (χ1v) is 6.32. The highest BCUT2D eigenvalue weighted by Crippen LogP contribution is 2.24. The Hall–Kier alpha value is -1.04. The topological polar surface area (TPSA) is 68.0 Å². The number of carboxylic acid groups (broad SMARTS) is 1. The lowest BCUT2D eigenvalue weighted by molar-refractivity contribution is -0.133. The molecule has 1 heterocycles. The maximum atomic E-state index is 10.5. The van der Waals surface area contributed by atoms with Crippen LogP contribution in [0.4, 0.5) is 0 Å². The molecule has 0 aliphatic carbocycles. The van der Waals surface area contributed by atoms with E-state index in [4.69, 9.17) is 5.11 Å². The highest BCUT2D eigenvalue weighted by Gasteiger charge is 2.16. The van der Waals surface area contributed by atoms with Crippen LogP contribution >= 0.6 is 11.8 Å². The summed E-state index contributed by atoms with van der Waals surface area (Å²) in [6.07, 6.45) is 2.04. The van der Waals surface area contributed by atoms with Crippen molar-refractivity contribution in [1.82, 2.24) is 14.8 Å². The van der Waals surface area contributed by atoms with E-state index in [2.05, 4.69) is 24.0 Å². The van der Waals surface area contributed by atoms with Crippen molar-refractivity contribution in [3.63, 3.8) is 0 Å². The number of rotatable bonds is 6. The predicted octanol–water partition coefficient (Wildman–Crippen LogP) is 1.90. The molecular weight excluding hydrogens is 226 g/mol. The quantitative estimate of drug-likeness (QED) is 0.773. The van der Waals surface area contributed by atoms with Crippen molar-refractivity contribution in [3.05, 3.63) is 5.82 Å². The summed E-state index contributed by atoms with van der Waals surface area (Å²) < 4.78 is 1.89. The van der Waals surface area contributed by atoms with Crippen LogP contribution in [-0.4, -0.2) is 31.6 Å². The molecule has 5 nitrogen and oxygen atoms in total. The van der Waals surface area contributed by atoms with Gasteiger partial charge in [0.25, 0.3) is 0 Å². The fourth-order valence-corrected chi connectivity index (χ4v) is 2.23. The zero-order valence-electron chi connectivity index (χ0n) is 9.80. The van der Waals surface area contributed by atoms with Gasteiger partial charge < -0.3 is 9.67 Å². The van der Waals surface area contributed by atoms with E-state index in [-0.39, 0.29) is 5.75 Å². The molecule has 0 atom stereocenters. The van der Waals surface area contributed by atoms with E-state index in [1.54, 1.807) is 0 Å². The van der Waals surface area contributed by atoms with Gasteiger partial charge in [-0.2, -0.15) is 0 Å². The van der Waals surface area contributed by atoms with Gasteiger partial charge in [0, 0.05) is 13.0 Å². The molecule has 0 aromatic carbocycles. The van der Waals surface area contributed by atoms with E-state index in [9.17, 15) is 4.79 Å². The van der Waals surface area contributed by atoms with Crippen molar-refractivity contribution >= 4 is 17.7 Å². The van der Waals surface area contributed by atoms with E-state index >= 15 is 0 Å². The molecule has 0 unspecified atom stereocenters. The van der Waals surface area contributed by atoms with E-state index < -0.39 is 5.97 Å². The molecule has 90 valence electrons. The Bertz CT molecular complexity index is 361. The Morgan fingerprint density at radius 1 is 1.44 bits per heavy atom. The highest BCUT2D eigenvalue weighted by molar-refractivity contribution is 7.99. The van der Waals surface area contributed by atoms with Crippen LogP contribution in [0.25, 0.3) is 0 Å². The average molecular weight is 243 g/mol. The summed E-state index contributed by atoms with van der Waals surface area (Å²) in [5.74, 6) is 0.529. The molecule has 0 aliphatic heterocycles. The van der Waals surface area contributed by atoms with Crippen molar-refractivity contribution < 1.29 is 9.90 Å². The molecule has 16 heavy (non-hydrogen) atoms. The molecule has 1 rings (SSSR count). The van der Waals surface area contributed by atoms with E-state index in [0.29, 0.717) is 11.1 Å². The van der Waals surface area contributed by atoms with Gasteiger partial charge >= 0.3 is 5.97 Å². The number of carboxylic acids is 1. The molecule has 1 aromatic heterocycles. The number of aliphatic carboxylic acids is 1. The van der Waals surface area contributed by atoms with Crippen molar-refractivity contribution in [1.29, 1.82) is 0 Å². The van der Waals surface area contributed by atoms with Crippen molar-refractivity contribution in [3.8, 4) is 0 Å². The van der Waals surface area contributed by atoms with Crippen LogP contribution in [0, 0.1) is 0 Å². The lowest BCUT2D eigenvalue weighted by Crippen LogP contribution is -2.06. The van der Waals surface area contributed by atoms with Crippen LogP contribution in [0.2, 0.25) is 0 Å². The van der Waals surface area contributed by atoms with Crippen LogP contribution in [0.5, 0.6) is 0 Å². The molecule has 0 amide bonds. The van der Waals surface area contributed by atoms with Gasteiger partial charge in [0.1, 0.15) is 5.82 Å². The van der Waals surface area contributed by atoms with Gasteiger partial charge in [-0.3, -0.25) is 4.79 Å². The third kappa shape index (κ3) is 2.98. The lowest BCUT2D eigenvalue weighted by Gasteiger charge is -2.11. The van der Waals surface area contributed by atoms with Crippen molar-refractivity contribution in [2.24, 2.45) is 7.05 Å². The lowest BCUT2D eigenvalue weighted by atomic mass is 10.0. The summed E-state index contributed by atoms with van der Waals surface area (Å²) >= 11 is 1.20. The number of nitrogens with zero attached hydrogens (tertiary/aromatic N) is 3. The van der Waals surface area contributed by atoms with Gasteiger partial charge in [0.2, 0.25) is 0 Å². The number of carbonyl (C=O) groups is 1. The molecule has 1 aromatic rings. The minimum atomic E-state index is -0.836. The van der Waals surface area contributed by atoms with Gasteiger partial charge in [-0.1, -0.05) is 25.6 Å². The molecule has 6 heteroatoms. The number of thioether (sulfide) groups is 1. The zero-order chi connectivity index (χ0) is 12.1. The van der Waals surface area contributed by atoms with E-state index in [1.807, 2.05) is 11.6 Å². The highest BCUT2D eigenvalue weighted by atomic mass is 32.2. The third-order valence-corrected chi connectivity index (χ3v) is 3.55. The second-order valence-corrected chi connectivity index (χ2v) is 4.54. The molecule has 1 N–H and O–H groups in total. The molecule has 0 bridgehead atoms. The van der Waals surface area contributed by atoms with Crippen LogP contribution in [0.3, 0.4) is 0 Å². The predicted molar refractivity (Wildman–Crippen MR) is 62.7 cm³/mol. The fraction of sp³-hybridized carbons (Fsp3) is 0.700. The minimum absolute atomic E-state index is 0.0227. The third-order valence-electron chi connectivity index (χ3n) is 2.54. The monoisotopic (exact) mass is 243 g/mol. The summed E-state index contributed by atoms with van der Waals surface area (Å²) in [7, 11) is 1.89. The molecule has 0 radical (unpaired) electrons. The van der Waals surface area contributed by atoms with Crippen molar-refractivity contribution in [2.45, 2.75) is 37.8 Å². The Kier molecular flexibility index (Phi) is 4.79.